The fraction of sp³-hybridized carbons (Fsp3) is 0.867. The summed E-state index contributed by atoms with van der Waals surface area (Å²) in [5.74, 6) is 1.10. The van der Waals surface area contributed by atoms with Gasteiger partial charge in [0.25, 0.3) is 0 Å². The van der Waals surface area contributed by atoms with Crippen LogP contribution in [-0.2, 0) is 9.53 Å². The minimum atomic E-state index is 0.154. The van der Waals surface area contributed by atoms with Gasteiger partial charge in [-0.1, -0.05) is 0 Å². The van der Waals surface area contributed by atoms with Crippen LogP contribution in [0.25, 0.3) is 0 Å². The average Bonchev–Trinajstić information content (AvgIpc) is 2.52. The second-order valence-corrected chi connectivity index (χ2v) is 5.52. The van der Waals surface area contributed by atoms with E-state index in [1.807, 2.05) is 4.90 Å². The third kappa shape index (κ3) is 6.62. The van der Waals surface area contributed by atoms with Gasteiger partial charge in [-0.3, -0.25) is 9.79 Å². The number of amides is 1. The molecule has 0 aliphatic carbocycles. The summed E-state index contributed by atoms with van der Waals surface area (Å²) in [6.45, 7) is 11.1. The minimum Gasteiger partial charge on any atom is -0.383 e. The number of likely N-dealkylation sites (N-methyl/N-ethyl adjacent to an activating group) is 1. The van der Waals surface area contributed by atoms with Gasteiger partial charge in [0, 0.05) is 59.8 Å². The smallest absolute Gasteiger partial charge is 0.219 e. The predicted octanol–water partition coefficient (Wildman–Crippen LogP) is -0.306. The highest BCUT2D eigenvalue weighted by Crippen LogP contribution is 2.02. The zero-order valence-electron chi connectivity index (χ0n) is 14.5. The molecule has 0 aromatic heterocycles. The Morgan fingerprint density at radius 1 is 1.23 bits per heavy atom. The van der Waals surface area contributed by atoms with Crippen molar-refractivity contribution in [3.05, 3.63) is 0 Å². The topological polar surface area (TPSA) is 60.4 Å². The maximum absolute atomic E-state index is 11.4. The molecule has 1 saturated heterocycles. The highest BCUT2D eigenvalue weighted by atomic mass is 16.5. The van der Waals surface area contributed by atoms with E-state index >= 15 is 0 Å². The summed E-state index contributed by atoms with van der Waals surface area (Å²) in [5.41, 5.74) is 0. The molecular formula is C15H31N5O2. The molecule has 0 aromatic rings. The molecule has 1 aliphatic rings. The first-order chi connectivity index (χ1) is 10.6. The summed E-state index contributed by atoms with van der Waals surface area (Å²) in [7, 11) is 3.79. The molecule has 7 heteroatoms. The molecule has 1 aliphatic heterocycles. The van der Waals surface area contributed by atoms with Gasteiger partial charge in [-0.15, -0.1) is 0 Å². The van der Waals surface area contributed by atoms with E-state index in [-0.39, 0.29) is 5.91 Å². The third-order valence-electron chi connectivity index (χ3n) is 3.78. The standard InChI is InChI=1S/C15H31N5O2/c1-5-16-15(17-6-7-18(3)12-13-22-4)20-10-8-19(9-11-20)14(2)21/h5-13H2,1-4H3,(H,16,17). The molecule has 1 N–H and O–H groups in total. The fourth-order valence-electron chi connectivity index (χ4n) is 2.34. The quantitative estimate of drug-likeness (QED) is 0.516. The van der Waals surface area contributed by atoms with Crippen LogP contribution in [0.1, 0.15) is 13.8 Å². The van der Waals surface area contributed by atoms with Gasteiger partial charge in [0.05, 0.1) is 13.2 Å². The SMILES string of the molecule is CCNC(=NCCN(C)CCOC)N1CCN(C(C)=O)CC1. The number of ether oxygens (including phenoxy) is 1. The maximum atomic E-state index is 11.4. The summed E-state index contributed by atoms with van der Waals surface area (Å²) in [5, 5.41) is 3.34. The molecule has 1 fully saturated rings. The van der Waals surface area contributed by atoms with Gasteiger partial charge in [-0.2, -0.15) is 0 Å². The molecule has 1 amide bonds. The van der Waals surface area contributed by atoms with E-state index in [1.54, 1.807) is 14.0 Å². The lowest BCUT2D eigenvalue weighted by molar-refractivity contribution is -0.130. The van der Waals surface area contributed by atoms with Gasteiger partial charge in [0.2, 0.25) is 5.91 Å². The van der Waals surface area contributed by atoms with Gasteiger partial charge >= 0.3 is 0 Å². The molecule has 0 aromatic carbocycles. The van der Waals surface area contributed by atoms with Crippen molar-refractivity contribution in [1.82, 2.24) is 20.0 Å². The number of carbonyl (C=O) groups excluding carboxylic acids is 1. The molecule has 7 nitrogen and oxygen atoms in total. The Balaban J connectivity index is 2.44. The lowest BCUT2D eigenvalue weighted by atomic mass is 10.3. The van der Waals surface area contributed by atoms with E-state index in [2.05, 4.69) is 29.1 Å². The molecule has 0 atom stereocenters. The molecule has 22 heavy (non-hydrogen) atoms. The second-order valence-electron chi connectivity index (χ2n) is 5.52. The Kier molecular flexibility index (Phi) is 8.84. The fourth-order valence-corrected chi connectivity index (χ4v) is 2.34. The number of piperazine rings is 1. The first-order valence-corrected chi connectivity index (χ1v) is 8.04. The van der Waals surface area contributed by atoms with Gasteiger partial charge in [0.15, 0.2) is 5.96 Å². The minimum absolute atomic E-state index is 0.154. The maximum Gasteiger partial charge on any atom is 0.219 e. The van der Waals surface area contributed by atoms with Crippen LogP contribution in [0, 0.1) is 0 Å². The molecule has 128 valence electrons. The van der Waals surface area contributed by atoms with Crippen molar-refractivity contribution in [2.45, 2.75) is 13.8 Å². The highest BCUT2D eigenvalue weighted by molar-refractivity contribution is 5.80. The summed E-state index contributed by atoms with van der Waals surface area (Å²) in [4.78, 5) is 22.4. The number of hydrogen-bond acceptors (Lipinski definition) is 4. The van der Waals surface area contributed by atoms with Gasteiger partial charge < -0.3 is 24.8 Å². The number of aliphatic imine (C=N–C) groups is 1. The zero-order valence-corrected chi connectivity index (χ0v) is 14.5. The van der Waals surface area contributed by atoms with Gasteiger partial charge in [-0.25, -0.2) is 0 Å². The lowest BCUT2D eigenvalue weighted by Crippen LogP contribution is -2.53. The Bertz CT molecular complexity index is 354. The number of guanidine groups is 1. The zero-order chi connectivity index (χ0) is 16.4. The predicted molar refractivity (Wildman–Crippen MR) is 89.2 cm³/mol. The van der Waals surface area contributed by atoms with Crippen LogP contribution in [0.3, 0.4) is 0 Å². The van der Waals surface area contributed by atoms with E-state index in [0.29, 0.717) is 0 Å². The molecule has 0 radical (unpaired) electrons. The largest absolute Gasteiger partial charge is 0.383 e. The average molecular weight is 313 g/mol. The van der Waals surface area contributed by atoms with Crippen molar-refractivity contribution in [3.63, 3.8) is 0 Å². The van der Waals surface area contributed by atoms with E-state index in [9.17, 15) is 4.79 Å². The van der Waals surface area contributed by atoms with Crippen molar-refractivity contribution >= 4 is 11.9 Å². The van der Waals surface area contributed by atoms with Crippen LogP contribution in [0.4, 0.5) is 0 Å². The van der Waals surface area contributed by atoms with Crippen molar-refractivity contribution in [1.29, 1.82) is 0 Å². The first-order valence-electron chi connectivity index (χ1n) is 8.04. The van der Waals surface area contributed by atoms with Crippen LogP contribution in [0.5, 0.6) is 0 Å². The second kappa shape index (κ2) is 10.4. The van der Waals surface area contributed by atoms with Crippen LogP contribution >= 0.6 is 0 Å². The molecule has 0 bridgehead atoms. The number of rotatable bonds is 7. The Hall–Kier alpha value is -1.34. The van der Waals surface area contributed by atoms with Gasteiger partial charge in [-0.05, 0) is 14.0 Å². The molecule has 0 saturated carbocycles. The van der Waals surface area contributed by atoms with E-state index in [0.717, 1.165) is 64.9 Å². The van der Waals surface area contributed by atoms with Crippen LogP contribution in [-0.4, -0.2) is 99.7 Å². The van der Waals surface area contributed by atoms with Crippen LogP contribution in [0.15, 0.2) is 4.99 Å². The Labute approximate surface area is 134 Å². The molecule has 1 heterocycles. The summed E-state index contributed by atoms with van der Waals surface area (Å²) in [6, 6.07) is 0. The number of nitrogens with zero attached hydrogens (tertiary/aromatic N) is 4. The van der Waals surface area contributed by atoms with Crippen LogP contribution < -0.4 is 5.32 Å². The Morgan fingerprint density at radius 3 is 2.41 bits per heavy atom. The first kappa shape index (κ1) is 18.7. The van der Waals surface area contributed by atoms with Gasteiger partial charge in [0.1, 0.15) is 0 Å². The lowest BCUT2D eigenvalue weighted by Gasteiger charge is -2.36. The molecular weight excluding hydrogens is 282 g/mol. The third-order valence-corrected chi connectivity index (χ3v) is 3.78. The summed E-state index contributed by atoms with van der Waals surface area (Å²) >= 11 is 0. The number of hydrogen-bond donors (Lipinski definition) is 1. The molecule has 0 unspecified atom stereocenters. The number of nitrogens with one attached hydrogen (secondary N) is 1. The highest BCUT2D eigenvalue weighted by Gasteiger charge is 2.20. The van der Waals surface area contributed by atoms with Crippen molar-refractivity contribution in [3.8, 4) is 0 Å². The van der Waals surface area contributed by atoms with Crippen molar-refractivity contribution in [2.75, 3.05) is 73.1 Å². The van der Waals surface area contributed by atoms with Crippen molar-refractivity contribution < 1.29 is 9.53 Å². The molecule has 0 spiro atoms. The van der Waals surface area contributed by atoms with E-state index in [4.69, 9.17) is 9.73 Å². The summed E-state index contributed by atoms with van der Waals surface area (Å²) in [6.07, 6.45) is 0. The monoisotopic (exact) mass is 313 g/mol. The van der Waals surface area contributed by atoms with E-state index in [1.165, 1.54) is 0 Å². The summed E-state index contributed by atoms with van der Waals surface area (Å²) < 4.78 is 5.07. The molecule has 1 rings (SSSR count). The number of carbonyl (C=O) groups is 1. The van der Waals surface area contributed by atoms with Crippen LogP contribution in [0.2, 0.25) is 0 Å². The van der Waals surface area contributed by atoms with E-state index < -0.39 is 0 Å². The van der Waals surface area contributed by atoms with Crippen molar-refractivity contribution in [2.24, 2.45) is 4.99 Å². The normalized spacial score (nSPS) is 16.3. The number of methoxy groups -OCH3 is 1. The Morgan fingerprint density at radius 2 is 1.86 bits per heavy atom.